The summed E-state index contributed by atoms with van der Waals surface area (Å²) in [6, 6.07) is 12.9. The molecule has 0 saturated carbocycles. The Labute approximate surface area is 100 Å². The monoisotopic (exact) mass is 221 g/mol. The molecule has 0 spiro atoms. The average Bonchev–Trinajstić information content (AvgIpc) is 2.38. The molecule has 0 bridgehead atoms. The van der Waals surface area contributed by atoms with E-state index in [2.05, 4.69) is 16.8 Å². The van der Waals surface area contributed by atoms with Crippen LogP contribution in [0.4, 0.5) is 0 Å². The Morgan fingerprint density at radius 3 is 2.41 bits per heavy atom. The maximum absolute atomic E-state index is 11.1. The quantitative estimate of drug-likeness (QED) is 0.547. The van der Waals surface area contributed by atoms with Crippen LogP contribution in [0.15, 0.2) is 48.7 Å². The molecule has 0 aliphatic carbocycles. The van der Waals surface area contributed by atoms with E-state index in [1.54, 1.807) is 25.3 Å². The van der Waals surface area contributed by atoms with Crippen molar-refractivity contribution >= 4 is 5.78 Å². The maximum atomic E-state index is 11.1. The highest BCUT2D eigenvalue weighted by Crippen LogP contribution is 2.04. The van der Waals surface area contributed by atoms with Gasteiger partial charge < -0.3 is 0 Å². The van der Waals surface area contributed by atoms with Gasteiger partial charge in [0.15, 0.2) is 5.78 Å². The zero-order valence-corrected chi connectivity index (χ0v) is 9.47. The lowest BCUT2D eigenvalue weighted by Crippen LogP contribution is -1.90. The van der Waals surface area contributed by atoms with E-state index >= 15 is 0 Å². The molecule has 17 heavy (non-hydrogen) atoms. The van der Waals surface area contributed by atoms with Gasteiger partial charge in [-0.1, -0.05) is 24.1 Å². The minimum Gasteiger partial charge on any atom is -0.295 e. The number of benzene rings is 1. The molecule has 0 aliphatic heterocycles. The smallest absolute Gasteiger partial charge is 0.159 e. The average molecular weight is 221 g/mol. The molecule has 0 amide bonds. The molecule has 0 N–H and O–H groups in total. The molecular formula is C15H11NO. The van der Waals surface area contributed by atoms with Crippen LogP contribution < -0.4 is 0 Å². The Balaban J connectivity index is 2.20. The molecule has 1 heterocycles. The molecule has 0 aliphatic rings. The van der Waals surface area contributed by atoms with Gasteiger partial charge >= 0.3 is 0 Å². The van der Waals surface area contributed by atoms with Gasteiger partial charge in [0, 0.05) is 17.3 Å². The SMILES string of the molecule is CC(=O)c1ccc(C#Cc2ccccn2)cc1. The van der Waals surface area contributed by atoms with E-state index in [0.717, 1.165) is 11.3 Å². The van der Waals surface area contributed by atoms with E-state index in [-0.39, 0.29) is 5.78 Å². The van der Waals surface area contributed by atoms with Crippen molar-refractivity contribution in [1.29, 1.82) is 0 Å². The number of carbonyl (C=O) groups is 1. The predicted molar refractivity (Wildman–Crippen MR) is 66.7 cm³/mol. The van der Waals surface area contributed by atoms with Gasteiger partial charge in [0.1, 0.15) is 5.69 Å². The second kappa shape index (κ2) is 5.09. The van der Waals surface area contributed by atoms with Crippen LogP contribution in [0.5, 0.6) is 0 Å². The summed E-state index contributed by atoms with van der Waals surface area (Å²) in [6.45, 7) is 1.55. The van der Waals surface area contributed by atoms with Gasteiger partial charge in [-0.05, 0) is 37.1 Å². The van der Waals surface area contributed by atoms with Crippen molar-refractivity contribution in [3.8, 4) is 11.8 Å². The first kappa shape index (κ1) is 11.1. The Bertz CT molecular complexity index is 574. The fourth-order valence-electron chi connectivity index (χ4n) is 1.36. The van der Waals surface area contributed by atoms with Crippen molar-refractivity contribution in [3.05, 3.63) is 65.5 Å². The molecule has 0 radical (unpaired) electrons. The van der Waals surface area contributed by atoms with Gasteiger partial charge in [-0.3, -0.25) is 4.79 Å². The first-order valence-corrected chi connectivity index (χ1v) is 5.30. The van der Waals surface area contributed by atoms with Gasteiger partial charge in [-0.2, -0.15) is 0 Å². The third kappa shape index (κ3) is 3.02. The Morgan fingerprint density at radius 1 is 1.06 bits per heavy atom. The Kier molecular flexibility index (Phi) is 3.32. The number of aromatic nitrogens is 1. The molecule has 1 aromatic heterocycles. The van der Waals surface area contributed by atoms with Gasteiger partial charge in [0.05, 0.1) is 0 Å². The lowest BCUT2D eigenvalue weighted by atomic mass is 10.1. The summed E-state index contributed by atoms with van der Waals surface area (Å²) in [5, 5.41) is 0. The largest absolute Gasteiger partial charge is 0.295 e. The lowest BCUT2D eigenvalue weighted by molar-refractivity contribution is 0.101. The minimum absolute atomic E-state index is 0.0641. The molecule has 0 unspecified atom stereocenters. The number of hydrogen-bond donors (Lipinski definition) is 0. The summed E-state index contributed by atoms with van der Waals surface area (Å²) in [5.41, 5.74) is 2.32. The van der Waals surface area contributed by atoms with E-state index in [9.17, 15) is 4.79 Å². The summed E-state index contributed by atoms with van der Waals surface area (Å²) >= 11 is 0. The van der Waals surface area contributed by atoms with Gasteiger partial charge in [0.2, 0.25) is 0 Å². The normalized spacial score (nSPS) is 9.24. The standard InChI is InChI=1S/C15H11NO/c1-12(17)14-8-5-13(6-9-14)7-10-15-4-2-3-11-16-15/h2-6,8-9,11H,1H3. The molecule has 0 saturated heterocycles. The van der Waals surface area contributed by atoms with E-state index < -0.39 is 0 Å². The van der Waals surface area contributed by atoms with E-state index in [0.29, 0.717) is 5.56 Å². The number of nitrogens with zero attached hydrogens (tertiary/aromatic N) is 1. The van der Waals surface area contributed by atoms with Crippen molar-refractivity contribution < 1.29 is 4.79 Å². The first-order chi connectivity index (χ1) is 8.25. The highest BCUT2D eigenvalue weighted by Gasteiger charge is 1.96. The van der Waals surface area contributed by atoms with Gasteiger partial charge in [0.25, 0.3) is 0 Å². The van der Waals surface area contributed by atoms with Crippen molar-refractivity contribution in [3.63, 3.8) is 0 Å². The Morgan fingerprint density at radius 2 is 1.82 bits per heavy atom. The molecule has 2 heteroatoms. The molecule has 2 nitrogen and oxygen atoms in total. The number of hydrogen-bond acceptors (Lipinski definition) is 2. The van der Waals surface area contributed by atoms with Crippen LogP contribution in [0, 0.1) is 11.8 Å². The first-order valence-electron chi connectivity index (χ1n) is 5.30. The van der Waals surface area contributed by atoms with Crippen molar-refractivity contribution in [2.75, 3.05) is 0 Å². The van der Waals surface area contributed by atoms with Crippen LogP contribution in [0.2, 0.25) is 0 Å². The van der Waals surface area contributed by atoms with Crippen LogP contribution in [0.1, 0.15) is 28.5 Å². The van der Waals surface area contributed by atoms with Crippen LogP contribution >= 0.6 is 0 Å². The van der Waals surface area contributed by atoms with Gasteiger partial charge in [-0.25, -0.2) is 4.98 Å². The van der Waals surface area contributed by atoms with Crippen molar-refractivity contribution in [1.82, 2.24) is 4.98 Å². The summed E-state index contributed by atoms with van der Waals surface area (Å²) in [5.74, 6) is 6.03. The maximum Gasteiger partial charge on any atom is 0.159 e. The predicted octanol–water partition coefficient (Wildman–Crippen LogP) is 2.68. The minimum atomic E-state index is 0.0641. The summed E-state index contributed by atoms with van der Waals surface area (Å²) in [6.07, 6.45) is 1.71. The number of pyridine rings is 1. The summed E-state index contributed by atoms with van der Waals surface area (Å²) in [4.78, 5) is 15.2. The number of Topliss-reactive ketones (excluding diaryl/α,β-unsaturated/α-hetero) is 1. The van der Waals surface area contributed by atoms with Crippen LogP contribution in [0.3, 0.4) is 0 Å². The highest BCUT2D eigenvalue weighted by molar-refractivity contribution is 5.94. The molecule has 2 rings (SSSR count). The number of carbonyl (C=O) groups excluding carboxylic acids is 1. The Hall–Kier alpha value is -2.40. The lowest BCUT2D eigenvalue weighted by Gasteiger charge is -1.94. The third-order valence-electron chi connectivity index (χ3n) is 2.29. The third-order valence-corrected chi connectivity index (χ3v) is 2.29. The van der Waals surface area contributed by atoms with Crippen molar-refractivity contribution in [2.24, 2.45) is 0 Å². The number of rotatable bonds is 1. The second-order valence-corrected chi connectivity index (χ2v) is 3.60. The van der Waals surface area contributed by atoms with Crippen LogP contribution in [-0.2, 0) is 0 Å². The summed E-state index contributed by atoms with van der Waals surface area (Å²) < 4.78 is 0. The van der Waals surface area contributed by atoms with Crippen LogP contribution in [0.25, 0.3) is 0 Å². The fourth-order valence-corrected chi connectivity index (χ4v) is 1.36. The van der Waals surface area contributed by atoms with Crippen molar-refractivity contribution in [2.45, 2.75) is 6.92 Å². The van der Waals surface area contributed by atoms with Crippen LogP contribution in [-0.4, -0.2) is 10.8 Å². The zero-order valence-electron chi connectivity index (χ0n) is 9.47. The molecular weight excluding hydrogens is 210 g/mol. The number of ketones is 1. The summed E-state index contributed by atoms with van der Waals surface area (Å²) in [7, 11) is 0. The second-order valence-electron chi connectivity index (χ2n) is 3.60. The molecule has 0 fully saturated rings. The fraction of sp³-hybridized carbons (Fsp3) is 0.0667. The van der Waals surface area contributed by atoms with E-state index in [1.165, 1.54) is 0 Å². The van der Waals surface area contributed by atoms with Gasteiger partial charge in [-0.15, -0.1) is 0 Å². The van der Waals surface area contributed by atoms with E-state index in [4.69, 9.17) is 0 Å². The topological polar surface area (TPSA) is 30.0 Å². The molecule has 1 aromatic carbocycles. The highest BCUT2D eigenvalue weighted by atomic mass is 16.1. The molecule has 82 valence electrons. The molecule has 2 aromatic rings. The zero-order chi connectivity index (χ0) is 12.1. The van der Waals surface area contributed by atoms with E-state index in [1.807, 2.05) is 30.3 Å². The molecule has 0 atom stereocenters.